The molecule has 0 radical (unpaired) electrons. The van der Waals surface area contributed by atoms with Crippen molar-refractivity contribution in [2.24, 2.45) is 5.73 Å². The van der Waals surface area contributed by atoms with E-state index in [0.29, 0.717) is 6.42 Å². The number of amides is 1. The fourth-order valence-corrected chi connectivity index (χ4v) is 1.14. The third kappa shape index (κ3) is 3.69. The minimum atomic E-state index is -0.512. The summed E-state index contributed by atoms with van der Waals surface area (Å²) in [5, 5.41) is 11.4. The number of carbonyl (C=O) groups excluding carboxylic acids is 1. The van der Waals surface area contributed by atoms with Crippen LogP contribution in [0.5, 0.6) is 0 Å². The topological polar surface area (TPSA) is 75.4 Å². The summed E-state index contributed by atoms with van der Waals surface area (Å²) < 4.78 is 0. The van der Waals surface area contributed by atoms with Crippen molar-refractivity contribution in [3.05, 3.63) is 29.8 Å². The lowest BCUT2D eigenvalue weighted by atomic mass is 10.1. The van der Waals surface area contributed by atoms with Crippen molar-refractivity contribution in [1.82, 2.24) is 0 Å². The van der Waals surface area contributed by atoms with E-state index in [2.05, 4.69) is 5.32 Å². The fourth-order valence-electron chi connectivity index (χ4n) is 1.14. The van der Waals surface area contributed by atoms with Gasteiger partial charge in [0.1, 0.15) is 0 Å². The molecule has 0 aliphatic rings. The molecule has 1 amide bonds. The quantitative estimate of drug-likeness (QED) is 0.674. The van der Waals surface area contributed by atoms with Gasteiger partial charge in [0.25, 0.3) is 0 Å². The third-order valence-electron chi connectivity index (χ3n) is 2.04. The molecular formula is C11H16N2O2. The molecule has 0 saturated heterocycles. The van der Waals surface area contributed by atoms with Crippen molar-refractivity contribution in [3.63, 3.8) is 0 Å². The zero-order valence-corrected chi connectivity index (χ0v) is 8.73. The highest BCUT2D eigenvalue weighted by Gasteiger charge is 2.06. The molecule has 0 aliphatic heterocycles. The number of nitrogens with two attached hydrogens (primary N) is 1. The Balaban J connectivity index is 2.60. The van der Waals surface area contributed by atoms with Gasteiger partial charge in [-0.15, -0.1) is 0 Å². The summed E-state index contributed by atoms with van der Waals surface area (Å²) in [4.78, 5) is 11.2. The number of aliphatic hydroxyl groups excluding tert-OH is 1. The van der Waals surface area contributed by atoms with Gasteiger partial charge in [-0.2, -0.15) is 0 Å². The molecule has 1 atom stereocenters. The Morgan fingerprint density at radius 3 is 2.53 bits per heavy atom. The number of aliphatic hydroxyl groups is 1. The highest BCUT2D eigenvalue weighted by molar-refractivity contribution is 5.94. The number of hydrogen-bond acceptors (Lipinski definition) is 3. The maximum Gasteiger partial charge on any atom is 0.240 e. The molecule has 4 heteroatoms. The average molecular weight is 208 g/mol. The van der Waals surface area contributed by atoms with Gasteiger partial charge >= 0.3 is 0 Å². The van der Waals surface area contributed by atoms with E-state index in [9.17, 15) is 4.79 Å². The van der Waals surface area contributed by atoms with Crippen LogP contribution < -0.4 is 11.1 Å². The molecule has 0 spiro atoms. The summed E-state index contributed by atoms with van der Waals surface area (Å²) in [7, 11) is 0. The molecular weight excluding hydrogens is 192 g/mol. The second kappa shape index (κ2) is 5.48. The van der Waals surface area contributed by atoms with Gasteiger partial charge in [-0.1, -0.05) is 12.1 Å². The standard InChI is InChI=1S/C11H16N2O2/c1-8(12)11(15)13-10-4-2-9(3-5-10)6-7-14/h2-5,8,14H,6-7,12H2,1H3,(H,13,15)/t8-/m1/s1. The molecule has 4 N–H and O–H groups in total. The first-order valence-corrected chi connectivity index (χ1v) is 4.89. The summed E-state index contributed by atoms with van der Waals surface area (Å²) >= 11 is 0. The Kier molecular flexibility index (Phi) is 4.27. The molecule has 82 valence electrons. The highest BCUT2D eigenvalue weighted by Crippen LogP contribution is 2.09. The van der Waals surface area contributed by atoms with Gasteiger partial charge < -0.3 is 16.2 Å². The normalized spacial score (nSPS) is 12.2. The van der Waals surface area contributed by atoms with Crippen molar-refractivity contribution in [2.75, 3.05) is 11.9 Å². The van der Waals surface area contributed by atoms with Crippen LogP contribution in [0.15, 0.2) is 24.3 Å². The molecule has 0 saturated carbocycles. The van der Waals surface area contributed by atoms with Crippen molar-refractivity contribution in [1.29, 1.82) is 0 Å². The molecule has 0 fully saturated rings. The molecule has 0 aromatic heterocycles. The smallest absolute Gasteiger partial charge is 0.240 e. The summed E-state index contributed by atoms with van der Waals surface area (Å²) in [6.07, 6.45) is 0.627. The van der Waals surface area contributed by atoms with Crippen LogP contribution in [0.3, 0.4) is 0 Å². The van der Waals surface area contributed by atoms with Crippen LogP contribution in [0.4, 0.5) is 5.69 Å². The summed E-state index contributed by atoms with van der Waals surface area (Å²) in [5.41, 5.74) is 7.18. The van der Waals surface area contributed by atoms with E-state index in [4.69, 9.17) is 10.8 Å². The first-order chi connectivity index (χ1) is 7.13. The molecule has 1 aromatic carbocycles. The van der Waals surface area contributed by atoms with E-state index >= 15 is 0 Å². The van der Waals surface area contributed by atoms with Crippen LogP contribution in [0.1, 0.15) is 12.5 Å². The van der Waals surface area contributed by atoms with Gasteiger partial charge in [0.05, 0.1) is 6.04 Å². The first kappa shape index (κ1) is 11.7. The number of anilines is 1. The Hall–Kier alpha value is -1.39. The minimum Gasteiger partial charge on any atom is -0.396 e. The van der Waals surface area contributed by atoms with Gasteiger partial charge in [-0.05, 0) is 31.0 Å². The lowest BCUT2D eigenvalue weighted by Crippen LogP contribution is -2.32. The lowest BCUT2D eigenvalue weighted by molar-refractivity contribution is -0.117. The highest BCUT2D eigenvalue weighted by atomic mass is 16.2. The van der Waals surface area contributed by atoms with E-state index < -0.39 is 6.04 Å². The van der Waals surface area contributed by atoms with Gasteiger partial charge in [0, 0.05) is 12.3 Å². The Labute approximate surface area is 89.1 Å². The largest absolute Gasteiger partial charge is 0.396 e. The van der Waals surface area contributed by atoms with Crippen LogP contribution in [0.25, 0.3) is 0 Å². The Morgan fingerprint density at radius 2 is 2.07 bits per heavy atom. The van der Waals surface area contributed by atoms with E-state index in [-0.39, 0.29) is 12.5 Å². The van der Waals surface area contributed by atoms with Crippen molar-refractivity contribution < 1.29 is 9.90 Å². The molecule has 0 heterocycles. The molecule has 4 nitrogen and oxygen atoms in total. The number of nitrogens with one attached hydrogen (secondary N) is 1. The van der Waals surface area contributed by atoms with Crippen molar-refractivity contribution in [3.8, 4) is 0 Å². The zero-order chi connectivity index (χ0) is 11.3. The fraction of sp³-hybridized carbons (Fsp3) is 0.364. The van der Waals surface area contributed by atoms with Crippen LogP contribution in [-0.2, 0) is 11.2 Å². The third-order valence-corrected chi connectivity index (χ3v) is 2.04. The van der Waals surface area contributed by atoms with E-state index in [0.717, 1.165) is 11.3 Å². The van der Waals surface area contributed by atoms with Crippen molar-refractivity contribution >= 4 is 11.6 Å². The molecule has 15 heavy (non-hydrogen) atoms. The van der Waals surface area contributed by atoms with Crippen LogP contribution in [0.2, 0.25) is 0 Å². The first-order valence-electron chi connectivity index (χ1n) is 4.89. The average Bonchev–Trinajstić information content (AvgIpc) is 2.21. The zero-order valence-electron chi connectivity index (χ0n) is 8.73. The monoisotopic (exact) mass is 208 g/mol. The van der Waals surface area contributed by atoms with Crippen molar-refractivity contribution in [2.45, 2.75) is 19.4 Å². The van der Waals surface area contributed by atoms with Gasteiger partial charge in [0.15, 0.2) is 0 Å². The SMILES string of the molecule is C[C@@H](N)C(=O)Nc1ccc(CCO)cc1. The van der Waals surface area contributed by atoms with Crippen LogP contribution in [0, 0.1) is 0 Å². The number of carbonyl (C=O) groups is 1. The van der Waals surface area contributed by atoms with E-state index in [1.54, 1.807) is 19.1 Å². The molecule has 1 rings (SSSR count). The number of hydrogen-bond donors (Lipinski definition) is 3. The Bertz CT molecular complexity index is 320. The molecule has 0 aliphatic carbocycles. The molecule has 0 unspecified atom stereocenters. The second-order valence-corrected chi connectivity index (χ2v) is 3.45. The van der Waals surface area contributed by atoms with Gasteiger partial charge in [0.2, 0.25) is 5.91 Å². The Morgan fingerprint density at radius 1 is 1.47 bits per heavy atom. The van der Waals surface area contributed by atoms with Gasteiger partial charge in [-0.25, -0.2) is 0 Å². The van der Waals surface area contributed by atoms with E-state index in [1.165, 1.54) is 0 Å². The lowest BCUT2D eigenvalue weighted by Gasteiger charge is -2.08. The maximum atomic E-state index is 11.2. The number of benzene rings is 1. The second-order valence-electron chi connectivity index (χ2n) is 3.45. The summed E-state index contributed by atoms with van der Waals surface area (Å²) in [6.45, 7) is 1.76. The van der Waals surface area contributed by atoms with Crippen LogP contribution in [-0.4, -0.2) is 23.7 Å². The molecule has 0 bridgehead atoms. The summed E-state index contributed by atoms with van der Waals surface area (Å²) in [6, 6.07) is 6.82. The predicted molar refractivity (Wildman–Crippen MR) is 59.5 cm³/mol. The minimum absolute atomic E-state index is 0.130. The number of rotatable bonds is 4. The summed E-state index contributed by atoms with van der Waals surface area (Å²) in [5.74, 6) is -0.204. The van der Waals surface area contributed by atoms with Crippen LogP contribution >= 0.6 is 0 Å². The molecule has 1 aromatic rings. The van der Waals surface area contributed by atoms with Gasteiger partial charge in [-0.3, -0.25) is 4.79 Å². The predicted octanol–water partition coefficient (Wildman–Crippen LogP) is 0.507. The van der Waals surface area contributed by atoms with E-state index in [1.807, 2.05) is 12.1 Å². The maximum absolute atomic E-state index is 11.2.